The van der Waals surface area contributed by atoms with Crippen LogP contribution in [0.5, 0.6) is 11.5 Å². The lowest BCUT2D eigenvalue weighted by Gasteiger charge is -2.23. The number of ketones is 2. The number of pyridine rings is 1. The highest BCUT2D eigenvalue weighted by molar-refractivity contribution is 6.02. The average Bonchev–Trinajstić information content (AvgIpc) is 2.59. The first-order chi connectivity index (χ1) is 11.5. The molecule has 24 heavy (non-hydrogen) atoms. The Balaban J connectivity index is 1.66. The highest BCUT2D eigenvalue weighted by atomic mass is 16.7. The SMILES string of the molecule is Cc1cccnc1C(=O)CCC(=O)c1ccc2c(c1)OC(O)CO2. The van der Waals surface area contributed by atoms with Crippen LogP contribution in [0.15, 0.2) is 36.5 Å². The molecule has 0 bridgehead atoms. The van der Waals surface area contributed by atoms with Crippen LogP contribution in [0.4, 0.5) is 0 Å². The molecule has 3 rings (SSSR count). The van der Waals surface area contributed by atoms with Gasteiger partial charge in [0.15, 0.2) is 29.7 Å². The molecule has 1 aromatic heterocycles. The maximum Gasteiger partial charge on any atom is 0.232 e. The van der Waals surface area contributed by atoms with Crippen LogP contribution in [-0.4, -0.2) is 34.6 Å². The second kappa shape index (κ2) is 6.80. The van der Waals surface area contributed by atoms with E-state index in [9.17, 15) is 14.7 Å². The zero-order valence-corrected chi connectivity index (χ0v) is 13.2. The Labute approximate surface area is 139 Å². The van der Waals surface area contributed by atoms with Crippen LogP contribution in [0.1, 0.15) is 39.3 Å². The fraction of sp³-hybridized carbons (Fsp3) is 0.278. The third-order valence-corrected chi connectivity index (χ3v) is 3.76. The molecule has 1 atom stereocenters. The van der Waals surface area contributed by atoms with Gasteiger partial charge in [0, 0.05) is 24.6 Å². The monoisotopic (exact) mass is 327 g/mol. The lowest BCUT2D eigenvalue weighted by atomic mass is 10.0. The standard InChI is InChI=1S/C18H17NO5/c1-11-3-2-8-19-18(11)14(21)6-5-13(20)12-4-7-15-16(9-12)24-17(22)10-23-15/h2-4,7-9,17,22H,5-6,10H2,1H3. The van der Waals surface area contributed by atoms with E-state index >= 15 is 0 Å². The highest BCUT2D eigenvalue weighted by Gasteiger charge is 2.21. The third-order valence-electron chi connectivity index (χ3n) is 3.76. The van der Waals surface area contributed by atoms with Crippen LogP contribution in [-0.2, 0) is 0 Å². The molecule has 6 heteroatoms. The van der Waals surface area contributed by atoms with Crippen LogP contribution in [0.25, 0.3) is 0 Å². The van der Waals surface area contributed by atoms with E-state index in [4.69, 9.17) is 9.47 Å². The number of aliphatic hydroxyl groups excluding tert-OH is 1. The van der Waals surface area contributed by atoms with E-state index in [0.717, 1.165) is 5.56 Å². The molecular formula is C18H17NO5. The Morgan fingerprint density at radius 2 is 2.00 bits per heavy atom. The van der Waals surface area contributed by atoms with Gasteiger partial charge in [-0.15, -0.1) is 0 Å². The number of aromatic nitrogens is 1. The van der Waals surface area contributed by atoms with E-state index in [-0.39, 0.29) is 31.0 Å². The van der Waals surface area contributed by atoms with Gasteiger partial charge in [0.1, 0.15) is 5.69 Å². The van der Waals surface area contributed by atoms with E-state index in [1.807, 2.05) is 13.0 Å². The second-order valence-electron chi connectivity index (χ2n) is 5.56. The van der Waals surface area contributed by atoms with Gasteiger partial charge in [0.25, 0.3) is 0 Å². The number of Topliss-reactive ketones (excluding diaryl/α,β-unsaturated/α-hetero) is 2. The lowest BCUT2D eigenvalue weighted by Crippen LogP contribution is -2.28. The van der Waals surface area contributed by atoms with Crippen LogP contribution >= 0.6 is 0 Å². The largest absolute Gasteiger partial charge is 0.483 e. The number of hydrogen-bond donors (Lipinski definition) is 1. The van der Waals surface area contributed by atoms with Crippen molar-refractivity contribution in [3.05, 3.63) is 53.3 Å². The summed E-state index contributed by atoms with van der Waals surface area (Å²) in [6.45, 7) is 1.87. The predicted molar refractivity (Wildman–Crippen MR) is 85.4 cm³/mol. The van der Waals surface area contributed by atoms with Crippen LogP contribution in [0.3, 0.4) is 0 Å². The number of fused-ring (bicyclic) bond motifs is 1. The van der Waals surface area contributed by atoms with Crippen LogP contribution < -0.4 is 9.47 Å². The van der Waals surface area contributed by atoms with Crippen molar-refractivity contribution in [2.45, 2.75) is 26.1 Å². The Hall–Kier alpha value is -2.73. The molecule has 1 aliphatic rings. The molecule has 1 unspecified atom stereocenters. The quantitative estimate of drug-likeness (QED) is 0.848. The molecule has 1 N–H and O–H groups in total. The lowest BCUT2D eigenvalue weighted by molar-refractivity contribution is -0.0670. The van der Waals surface area contributed by atoms with Crippen molar-refractivity contribution in [3.63, 3.8) is 0 Å². The number of hydrogen-bond acceptors (Lipinski definition) is 6. The van der Waals surface area contributed by atoms with Gasteiger partial charge in [-0.1, -0.05) is 6.07 Å². The topological polar surface area (TPSA) is 85.7 Å². The van der Waals surface area contributed by atoms with Crippen LogP contribution in [0.2, 0.25) is 0 Å². The first-order valence-corrected chi connectivity index (χ1v) is 7.64. The Bertz CT molecular complexity index is 787. The third kappa shape index (κ3) is 3.44. The molecule has 2 heterocycles. The molecule has 124 valence electrons. The van der Waals surface area contributed by atoms with E-state index in [0.29, 0.717) is 22.8 Å². The van der Waals surface area contributed by atoms with Gasteiger partial charge in [-0.2, -0.15) is 0 Å². The molecule has 2 aromatic rings. The summed E-state index contributed by atoms with van der Waals surface area (Å²) >= 11 is 0. The van der Waals surface area contributed by atoms with Gasteiger partial charge < -0.3 is 14.6 Å². The molecule has 0 saturated carbocycles. The summed E-state index contributed by atoms with van der Waals surface area (Å²) < 4.78 is 10.5. The van der Waals surface area contributed by atoms with E-state index in [1.54, 1.807) is 24.4 Å². The molecule has 1 aromatic carbocycles. The Morgan fingerprint density at radius 3 is 2.79 bits per heavy atom. The minimum Gasteiger partial charge on any atom is -0.483 e. The van der Waals surface area contributed by atoms with Crippen molar-refractivity contribution in [2.24, 2.45) is 0 Å². The van der Waals surface area contributed by atoms with Gasteiger partial charge in [0.2, 0.25) is 6.29 Å². The normalized spacial score (nSPS) is 15.8. The smallest absolute Gasteiger partial charge is 0.232 e. The minimum absolute atomic E-state index is 0.0538. The Morgan fingerprint density at radius 1 is 1.21 bits per heavy atom. The molecule has 0 amide bonds. The second-order valence-corrected chi connectivity index (χ2v) is 5.56. The molecule has 0 saturated heterocycles. The van der Waals surface area contributed by atoms with Gasteiger partial charge >= 0.3 is 0 Å². The zero-order chi connectivity index (χ0) is 17.1. The summed E-state index contributed by atoms with van der Waals surface area (Å²) in [5, 5.41) is 9.43. The summed E-state index contributed by atoms with van der Waals surface area (Å²) in [5.41, 5.74) is 1.61. The summed E-state index contributed by atoms with van der Waals surface area (Å²) in [4.78, 5) is 28.6. The van der Waals surface area contributed by atoms with E-state index < -0.39 is 6.29 Å². The van der Waals surface area contributed by atoms with E-state index in [1.165, 1.54) is 6.07 Å². The molecule has 1 aliphatic heterocycles. The molecule has 0 radical (unpaired) electrons. The maximum absolute atomic E-state index is 12.3. The molecule has 0 spiro atoms. The van der Waals surface area contributed by atoms with Crippen LogP contribution in [0, 0.1) is 6.92 Å². The summed E-state index contributed by atoms with van der Waals surface area (Å²) in [5.74, 6) is 0.473. The number of aliphatic hydroxyl groups is 1. The van der Waals surface area contributed by atoms with Crippen molar-refractivity contribution < 1.29 is 24.2 Å². The highest BCUT2D eigenvalue weighted by Crippen LogP contribution is 2.32. The van der Waals surface area contributed by atoms with Crippen molar-refractivity contribution in [1.82, 2.24) is 4.98 Å². The first-order valence-electron chi connectivity index (χ1n) is 7.64. The Kier molecular flexibility index (Phi) is 4.57. The number of benzene rings is 1. The predicted octanol–water partition coefficient (Wildman–Crippen LogP) is 2.33. The van der Waals surface area contributed by atoms with E-state index in [2.05, 4.69) is 4.98 Å². The minimum atomic E-state index is -1.04. The molecular weight excluding hydrogens is 310 g/mol. The van der Waals surface area contributed by atoms with Gasteiger partial charge in [-0.05, 0) is 36.8 Å². The number of carbonyl (C=O) groups is 2. The molecule has 0 aliphatic carbocycles. The zero-order valence-electron chi connectivity index (χ0n) is 13.2. The number of aryl methyl sites for hydroxylation is 1. The summed E-state index contributed by atoms with van der Waals surface area (Å²) in [6.07, 6.45) is 0.690. The van der Waals surface area contributed by atoms with Gasteiger partial charge in [0.05, 0.1) is 0 Å². The first kappa shape index (κ1) is 16.1. The molecule has 0 fully saturated rings. The number of carbonyl (C=O) groups excluding carboxylic acids is 2. The fourth-order valence-corrected chi connectivity index (χ4v) is 2.50. The van der Waals surface area contributed by atoms with Crippen molar-refractivity contribution in [2.75, 3.05) is 6.61 Å². The summed E-state index contributed by atoms with van der Waals surface area (Å²) in [6, 6.07) is 8.35. The summed E-state index contributed by atoms with van der Waals surface area (Å²) in [7, 11) is 0. The van der Waals surface area contributed by atoms with Gasteiger partial charge in [-0.3, -0.25) is 14.6 Å². The molecule has 6 nitrogen and oxygen atoms in total. The fourth-order valence-electron chi connectivity index (χ4n) is 2.50. The van der Waals surface area contributed by atoms with Crippen molar-refractivity contribution >= 4 is 11.6 Å². The van der Waals surface area contributed by atoms with Crippen molar-refractivity contribution in [3.8, 4) is 11.5 Å². The van der Waals surface area contributed by atoms with Crippen molar-refractivity contribution in [1.29, 1.82) is 0 Å². The number of rotatable bonds is 5. The maximum atomic E-state index is 12.3. The number of ether oxygens (including phenoxy) is 2. The van der Waals surface area contributed by atoms with Gasteiger partial charge in [-0.25, -0.2) is 0 Å². The number of nitrogens with zero attached hydrogens (tertiary/aromatic N) is 1. The average molecular weight is 327 g/mol.